The summed E-state index contributed by atoms with van der Waals surface area (Å²) in [4.78, 5) is 11.0. The number of nitrogens with one attached hydrogen (secondary N) is 1. The second-order valence-corrected chi connectivity index (χ2v) is 6.13. The van der Waals surface area contributed by atoms with E-state index in [1.54, 1.807) is 0 Å². The molecule has 1 N–H and O–H groups in total. The van der Waals surface area contributed by atoms with Crippen LogP contribution < -0.4 is 5.32 Å². The van der Waals surface area contributed by atoms with Crippen LogP contribution in [0.4, 0.5) is 4.79 Å². The van der Waals surface area contributed by atoms with Crippen LogP contribution in [0.3, 0.4) is 0 Å². The van der Waals surface area contributed by atoms with Gasteiger partial charge in [0.15, 0.2) is 9.84 Å². The predicted molar refractivity (Wildman–Crippen MR) is 49.7 cm³/mol. The smallest absolute Gasteiger partial charge is 0.407 e. The Bertz CT molecular complexity index is 346. The molecule has 5 nitrogen and oxygen atoms in total. The lowest BCUT2D eigenvalue weighted by molar-refractivity contribution is -0.00521. The number of carbonyl (C=O) groups excluding carboxylic acids is 1. The first-order valence-electron chi connectivity index (χ1n) is 4.69. The Kier molecular flexibility index (Phi) is 2.17. The third-order valence-electron chi connectivity index (χ3n) is 2.73. The summed E-state index contributed by atoms with van der Waals surface area (Å²) in [6, 6.07) is 0. The summed E-state index contributed by atoms with van der Waals surface area (Å²) in [5, 5.41) is 2.52. The summed E-state index contributed by atoms with van der Waals surface area (Å²) in [7, 11) is -3.02. The first-order valence-corrected chi connectivity index (χ1v) is 6.51. The highest BCUT2D eigenvalue weighted by Gasteiger charge is 2.43. The van der Waals surface area contributed by atoms with Crippen LogP contribution in [0.25, 0.3) is 0 Å². The molecule has 2 rings (SSSR count). The molecule has 1 unspecified atom stereocenters. The molecule has 1 spiro atoms. The van der Waals surface area contributed by atoms with Crippen molar-refractivity contribution in [3.63, 3.8) is 0 Å². The van der Waals surface area contributed by atoms with Gasteiger partial charge in [0.05, 0.1) is 11.5 Å². The van der Waals surface area contributed by atoms with Gasteiger partial charge in [-0.1, -0.05) is 0 Å². The van der Waals surface area contributed by atoms with Crippen LogP contribution in [0.2, 0.25) is 0 Å². The molecule has 2 saturated heterocycles. The number of ether oxygens (including phenoxy) is 1. The highest BCUT2D eigenvalue weighted by Crippen LogP contribution is 2.31. The monoisotopic (exact) mass is 219 g/mol. The van der Waals surface area contributed by atoms with Crippen LogP contribution in [-0.4, -0.2) is 38.2 Å². The maximum atomic E-state index is 11.4. The van der Waals surface area contributed by atoms with Gasteiger partial charge in [-0.05, 0) is 12.8 Å². The van der Waals surface area contributed by atoms with E-state index in [1.807, 2.05) is 0 Å². The lowest BCUT2D eigenvalue weighted by Gasteiger charge is -2.39. The van der Waals surface area contributed by atoms with E-state index in [2.05, 4.69) is 5.32 Å². The molecule has 2 heterocycles. The quantitative estimate of drug-likeness (QED) is 0.625. The summed E-state index contributed by atoms with van der Waals surface area (Å²) in [6.07, 6.45) is 1.36. The molecule has 0 radical (unpaired) electrons. The van der Waals surface area contributed by atoms with Crippen LogP contribution in [0.1, 0.15) is 19.3 Å². The number of sulfone groups is 1. The number of hydrogen-bond acceptors (Lipinski definition) is 4. The zero-order chi connectivity index (χ0) is 10.2. The first kappa shape index (κ1) is 9.76. The van der Waals surface area contributed by atoms with Crippen molar-refractivity contribution in [2.75, 3.05) is 18.1 Å². The third-order valence-corrected chi connectivity index (χ3v) is 4.61. The molecule has 1 amide bonds. The third kappa shape index (κ3) is 1.84. The molecule has 0 aromatic heterocycles. The Morgan fingerprint density at radius 2 is 2.14 bits per heavy atom. The summed E-state index contributed by atoms with van der Waals surface area (Å²) in [5.74, 6) is 0.215. The van der Waals surface area contributed by atoms with E-state index in [0.29, 0.717) is 25.8 Å². The predicted octanol–water partition coefficient (Wildman–Crippen LogP) is 0.0637. The summed E-state index contributed by atoms with van der Waals surface area (Å²) >= 11 is 0. The second kappa shape index (κ2) is 3.12. The minimum absolute atomic E-state index is 0.00653. The fourth-order valence-electron chi connectivity index (χ4n) is 2.11. The van der Waals surface area contributed by atoms with Gasteiger partial charge in [-0.15, -0.1) is 0 Å². The SMILES string of the molecule is O=C1NCCC2(CCCS(=O)(=O)C2)O1. The molecule has 14 heavy (non-hydrogen) atoms. The van der Waals surface area contributed by atoms with E-state index in [0.717, 1.165) is 0 Å². The number of alkyl carbamates (subject to hydrolysis) is 1. The number of hydrogen-bond donors (Lipinski definition) is 1. The molecule has 0 aromatic rings. The highest BCUT2D eigenvalue weighted by molar-refractivity contribution is 7.91. The van der Waals surface area contributed by atoms with Crippen molar-refractivity contribution in [2.24, 2.45) is 0 Å². The zero-order valence-corrected chi connectivity index (χ0v) is 8.60. The van der Waals surface area contributed by atoms with Gasteiger partial charge < -0.3 is 10.1 Å². The Hall–Kier alpha value is -0.780. The molecule has 0 aromatic carbocycles. The van der Waals surface area contributed by atoms with Crippen LogP contribution in [0.5, 0.6) is 0 Å². The van der Waals surface area contributed by atoms with E-state index in [9.17, 15) is 13.2 Å². The van der Waals surface area contributed by atoms with Crippen molar-refractivity contribution in [1.82, 2.24) is 5.32 Å². The van der Waals surface area contributed by atoms with Gasteiger partial charge in [-0.3, -0.25) is 0 Å². The van der Waals surface area contributed by atoms with Crippen molar-refractivity contribution in [3.05, 3.63) is 0 Å². The molecule has 2 aliphatic heterocycles. The standard InChI is InChI=1S/C8H13NO4S/c10-7-9-4-3-8(13-7)2-1-5-14(11,12)6-8/h1-6H2,(H,9,10). The van der Waals surface area contributed by atoms with Gasteiger partial charge in [0.25, 0.3) is 0 Å². The van der Waals surface area contributed by atoms with Crippen molar-refractivity contribution in [3.8, 4) is 0 Å². The largest absolute Gasteiger partial charge is 0.442 e. The number of rotatable bonds is 0. The Balaban J connectivity index is 2.18. The summed E-state index contributed by atoms with van der Waals surface area (Å²) < 4.78 is 28.0. The van der Waals surface area contributed by atoms with E-state index >= 15 is 0 Å². The van der Waals surface area contributed by atoms with Gasteiger partial charge in [0, 0.05) is 13.0 Å². The minimum Gasteiger partial charge on any atom is -0.442 e. The van der Waals surface area contributed by atoms with Crippen LogP contribution >= 0.6 is 0 Å². The molecule has 0 aliphatic carbocycles. The fourth-order valence-corrected chi connectivity index (χ4v) is 3.99. The molecule has 0 saturated carbocycles. The summed E-state index contributed by atoms with van der Waals surface area (Å²) in [5.41, 5.74) is -0.737. The molecular weight excluding hydrogens is 206 g/mol. The maximum absolute atomic E-state index is 11.4. The maximum Gasteiger partial charge on any atom is 0.407 e. The van der Waals surface area contributed by atoms with Gasteiger partial charge in [0.2, 0.25) is 0 Å². The molecule has 6 heteroatoms. The highest BCUT2D eigenvalue weighted by atomic mass is 32.2. The Morgan fingerprint density at radius 1 is 1.36 bits per heavy atom. The van der Waals surface area contributed by atoms with E-state index in [1.165, 1.54) is 0 Å². The van der Waals surface area contributed by atoms with Crippen LogP contribution in [-0.2, 0) is 14.6 Å². The van der Waals surface area contributed by atoms with Gasteiger partial charge in [-0.2, -0.15) is 0 Å². The van der Waals surface area contributed by atoms with Crippen molar-refractivity contribution in [2.45, 2.75) is 24.9 Å². The molecule has 1 atom stereocenters. The zero-order valence-electron chi connectivity index (χ0n) is 7.78. The molecule has 2 fully saturated rings. The average molecular weight is 219 g/mol. The van der Waals surface area contributed by atoms with Crippen molar-refractivity contribution in [1.29, 1.82) is 0 Å². The first-order chi connectivity index (χ1) is 6.52. The van der Waals surface area contributed by atoms with Crippen molar-refractivity contribution >= 4 is 15.9 Å². The number of amides is 1. The van der Waals surface area contributed by atoms with Crippen LogP contribution in [0.15, 0.2) is 0 Å². The topological polar surface area (TPSA) is 72.5 Å². The van der Waals surface area contributed by atoms with Crippen molar-refractivity contribution < 1.29 is 17.9 Å². The van der Waals surface area contributed by atoms with Gasteiger partial charge in [0.1, 0.15) is 5.60 Å². The Morgan fingerprint density at radius 3 is 2.79 bits per heavy atom. The van der Waals surface area contributed by atoms with E-state index < -0.39 is 21.5 Å². The van der Waals surface area contributed by atoms with Crippen LogP contribution in [0, 0.1) is 0 Å². The molecule has 80 valence electrons. The normalized spacial score (nSPS) is 36.1. The van der Waals surface area contributed by atoms with Gasteiger partial charge >= 0.3 is 6.09 Å². The lowest BCUT2D eigenvalue weighted by atomic mass is 9.94. The molecular formula is C8H13NO4S. The second-order valence-electron chi connectivity index (χ2n) is 3.94. The Labute approximate surface area is 82.7 Å². The molecule has 2 aliphatic rings. The average Bonchev–Trinajstić information content (AvgIpc) is 2.00. The van der Waals surface area contributed by atoms with Gasteiger partial charge in [-0.25, -0.2) is 13.2 Å². The van der Waals surface area contributed by atoms with E-state index in [-0.39, 0.29) is 11.5 Å². The fraction of sp³-hybridized carbons (Fsp3) is 0.875. The lowest BCUT2D eigenvalue weighted by Crippen LogP contribution is -2.53. The van der Waals surface area contributed by atoms with E-state index in [4.69, 9.17) is 4.74 Å². The number of carbonyl (C=O) groups is 1. The summed E-state index contributed by atoms with van der Waals surface area (Å²) in [6.45, 7) is 0.508. The minimum atomic E-state index is -3.02. The molecule has 0 bridgehead atoms.